The van der Waals surface area contributed by atoms with Crippen LogP contribution in [0.5, 0.6) is 0 Å². The summed E-state index contributed by atoms with van der Waals surface area (Å²) < 4.78 is 1.02. The van der Waals surface area contributed by atoms with Gasteiger partial charge < -0.3 is 28.7 Å². The summed E-state index contributed by atoms with van der Waals surface area (Å²) in [6.45, 7) is 14.3. The zero-order valence-corrected chi connectivity index (χ0v) is 53.2. The van der Waals surface area contributed by atoms with E-state index in [1.807, 2.05) is 41.4 Å². The van der Waals surface area contributed by atoms with Crippen molar-refractivity contribution in [2.75, 3.05) is 34.3 Å². The first kappa shape index (κ1) is 68.0. The average Bonchev–Trinajstić information content (AvgIpc) is 3.01. The number of fused-ring (bicyclic) bond motifs is 3. The summed E-state index contributed by atoms with van der Waals surface area (Å²) in [6.07, 6.45) is 18.9. The van der Waals surface area contributed by atoms with Crippen molar-refractivity contribution in [2.24, 2.45) is 0 Å². The Morgan fingerprint density at radius 1 is 0.725 bits per heavy atom. The summed E-state index contributed by atoms with van der Waals surface area (Å²) in [4.78, 5) is 19.4. The van der Waals surface area contributed by atoms with Crippen molar-refractivity contribution in [1.82, 2.24) is 15.0 Å². The van der Waals surface area contributed by atoms with Gasteiger partial charge in [0.15, 0.2) is 0 Å². The molecular weight excluding hydrogens is 1990 g/mol. The van der Waals surface area contributed by atoms with Crippen LogP contribution in [0.1, 0.15) is 69.2 Å². The molecule has 0 N–H and O–H groups in total. The molecule has 3 aliphatic rings. The number of hydrogen-bond donors (Lipinski definition) is 0. The fourth-order valence-corrected chi connectivity index (χ4v) is 5.58. The van der Waals surface area contributed by atoms with E-state index < -0.39 is 0 Å². The number of aromatic nitrogens is 3. The van der Waals surface area contributed by atoms with Crippen LogP contribution >= 0.6 is 15.9 Å². The maximum Gasteiger partial charge on any atom is 0.0612 e. The molecule has 0 amide bonds. The fraction of sp³-hybridized carbons (Fsp3) is 0.361. The molecule has 3 aromatic rings. The molecule has 6 heterocycles. The molecule has 6 nitrogen and oxygen atoms in total. The van der Waals surface area contributed by atoms with E-state index in [9.17, 15) is 0 Å². The van der Waals surface area contributed by atoms with Gasteiger partial charge in [0.05, 0.1) is 17.1 Å². The molecular formula is C36H50BrN6PdW7-5. The van der Waals surface area contributed by atoms with Crippen LogP contribution in [-0.4, -0.2) is 34.6 Å². The van der Waals surface area contributed by atoms with Crippen molar-refractivity contribution in [3.63, 3.8) is 0 Å². The van der Waals surface area contributed by atoms with Gasteiger partial charge in [0, 0.05) is 209 Å². The van der Waals surface area contributed by atoms with E-state index >= 15 is 0 Å². The van der Waals surface area contributed by atoms with Gasteiger partial charge in [-0.2, -0.15) is 0 Å². The van der Waals surface area contributed by atoms with Crippen molar-refractivity contribution >= 4 is 39.1 Å². The molecule has 0 atom stereocenters. The normalized spacial score (nSPS) is 12.5. The Balaban J connectivity index is -0.0000000832. The molecule has 0 spiro atoms. The average molecular weight is 2040 g/mol. The Hall–Kier alpha value is 2.29. The summed E-state index contributed by atoms with van der Waals surface area (Å²) in [5.41, 5.74) is 9.64. The molecule has 15 heteroatoms. The van der Waals surface area contributed by atoms with Crippen molar-refractivity contribution in [3.05, 3.63) is 117 Å². The third-order valence-electron chi connectivity index (χ3n) is 7.33. The maximum absolute atomic E-state index is 4.51. The van der Waals surface area contributed by atoms with Gasteiger partial charge in [-0.1, -0.05) is 25.5 Å². The molecule has 288 valence electrons. The van der Waals surface area contributed by atoms with Gasteiger partial charge in [0.1, 0.15) is 0 Å². The Morgan fingerprint density at radius 2 is 1.12 bits per heavy atom. The molecule has 3 aliphatic heterocycles. The predicted molar refractivity (Wildman–Crippen MR) is 191 cm³/mol. The third-order valence-corrected chi connectivity index (χ3v) is 7.76. The maximum atomic E-state index is 4.51. The van der Waals surface area contributed by atoms with E-state index in [0.29, 0.717) is 0 Å². The van der Waals surface area contributed by atoms with Gasteiger partial charge in [0.2, 0.25) is 0 Å². The minimum absolute atomic E-state index is 0. The Labute approximate surface area is 434 Å². The van der Waals surface area contributed by atoms with Gasteiger partial charge in [0.25, 0.3) is 0 Å². The van der Waals surface area contributed by atoms with Gasteiger partial charge in [-0.15, -0.1) is 0 Å². The second-order valence-electron chi connectivity index (χ2n) is 10.5. The van der Waals surface area contributed by atoms with Crippen molar-refractivity contribution in [1.29, 1.82) is 0 Å². The monoisotopic (exact) mass is 2040 g/mol. The number of allylic oxidation sites excluding steroid dienone is 1. The van der Waals surface area contributed by atoms with Crippen LogP contribution in [0.4, 0.5) is 17.1 Å². The van der Waals surface area contributed by atoms with Crippen molar-refractivity contribution in [3.8, 4) is 0 Å². The van der Waals surface area contributed by atoms with Crippen LogP contribution in [0.25, 0.3) is 6.08 Å². The molecule has 0 aliphatic carbocycles. The van der Waals surface area contributed by atoms with Gasteiger partial charge >= 0.3 is 0 Å². The quantitative estimate of drug-likeness (QED) is 0.193. The molecule has 0 bridgehead atoms. The number of halogens is 1. The zero-order valence-electron chi connectivity index (χ0n) is 29.5. The van der Waals surface area contributed by atoms with E-state index in [4.69, 9.17) is 0 Å². The van der Waals surface area contributed by atoms with Crippen LogP contribution in [0.2, 0.25) is 0 Å². The largest absolute Gasteiger partial charge is 0.524 e. The molecule has 0 radical (unpaired) electrons. The molecule has 6 rings (SSSR count). The number of hydrogen-bond acceptors (Lipinski definition) is 6. The van der Waals surface area contributed by atoms with E-state index in [1.54, 1.807) is 0 Å². The van der Waals surface area contributed by atoms with E-state index in [0.717, 1.165) is 73.9 Å². The van der Waals surface area contributed by atoms with E-state index in [2.05, 4.69) is 101 Å². The predicted octanol–water partition coefficient (Wildman–Crippen LogP) is 8.91. The van der Waals surface area contributed by atoms with Crippen LogP contribution < -0.4 is 14.7 Å². The van der Waals surface area contributed by atoms with E-state index in [-0.39, 0.29) is 177 Å². The van der Waals surface area contributed by atoms with Crippen LogP contribution in [0, 0.1) is 35.1 Å². The number of pyridine rings is 3. The molecule has 0 aromatic carbocycles. The standard InChI is InChI=1S/C12H17N2.C12H15N2.C9H10BrN2.C2H3.CH3.Pd.7W.H2/c2*1-3-5-10-8-12-11(13-9-10)6-4-7-14(12)2;1-12-4-2-3-8-9(12)5-7(10)6-11-8;1-2;;;;;;;;;;/h8-9H,2-7H2,1H3;3,5,8-9H,2,4,6-7H2,1H3;5-6H,1-4H2;1H,2H2;1H3;;;;;;;;;1H/q5*-1;;;;;;;;;/b;5-3+;;;;;;;;;;;;. The molecule has 0 fully saturated rings. The van der Waals surface area contributed by atoms with Crippen molar-refractivity contribution < 1.29 is 169 Å². The summed E-state index contributed by atoms with van der Waals surface area (Å²) in [7, 11) is 12.0. The van der Waals surface area contributed by atoms with Gasteiger partial charge in [-0.25, -0.2) is 0 Å². The first-order chi connectivity index (χ1) is 20.4. The second-order valence-corrected chi connectivity index (χ2v) is 11.4. The van der Waals surface area contributed by atoms with Crippen LogP contribution in [0.3, 0.4) is 0 Å². The molecule has 0 saturated heterocycles. The SMILES string of the molecule is [CH-]=C.[CH2-]N1CCCc2ncc(/C=C/C)cc21.[CH2-]N1CCCc2ncc(Br)cc21.[CH2-]N1CCCc2ncc(CCC)cc21.[CH3-].[HH].[Pd].[W].[W].[W].[W].[W].[W].[W]. The summed E-state index contributed by atoms with van der Waals surface area (Å²) in [5.74, 6) is 0. The molecule has 0 unspecified atom stereocenters. The zero-order chi connectivity index (χ0) is 30.5. The van der Waals surface area contributed by atoms with Gasteiger partial charge in [-0.3, -0.25) is 42.7 Å². The number of rotatable bonds is 3. The molecule has 51 heavy (non-hydrogen) atoms. The molecule has 3 aromatic heterocycles. The summed E-state index contributed by atoms with van der Waals surface area (Å²) in [5, 5.41) is 0. The topological polar surface area (TPSA) is 48.4 Å². The summed E-state index contributed by atoms with van der Waals surface area (Å²) in [6, 6.07) is 6.49. The Kier molecular flexibility index (Phi) is 50.5. The molecule has 0 saturated carbocycles. The smallest absolute Gasteiger partial charge is 0.0612 e. The van der Waals surface area contributed by atoms with Gasteiger partial charge in [-0.05, 0) is 117 Å². The summed E-state index contributed by atoms with van der Waals surface area (Å²) >= 11 is 3.40. The van der Waals surface area contributed by atoms with Crippen LogP contribution in [-0.2, 0) is 194 Å². The third kappa shape index (κ3) is 22.1. The first-order valence-corrected chi connectivity index (χ1v) is 15.6. The Bertz CT molecular complexity index is 1350. The minimum atomic E-state index is 0. The van der Waals surface area contributed by atoms with Crippen molar-refractivity contribution in [2.45, 2.75) is 65.2 Å². The first-order valence-electron chi connectivity index (χ1n) is 14.8. The second kappa shape index (κ2) is 37.8. The van der Waals surface area contributed by atoms with Crippen LogP contribution in [0.15, 0.2) is 53.9 Å². The number of aryl methyl sites for hydroxylation is 4. The number of nitrogens with zero attached hydrogens (tertiary/aromatic N) is 6. The van der Waals surface area contributed by atoms with E-state index in [1.165, 1.54) is 46.9 Å². The fourth-order valence-electron chi connectivity index (χ4n) is 5.26. The minimum Gasteiger partial charge on any atom is -0.524 e. The number of anilines is 3. The Morgan fingerprint density at radius 3 is 1.55 bits per heavy atom.